The van der Waals surface area contributed by atoms with Crippen molar-refractivity contribution in [3.05, 3.63) is 48.1 Å². The zero-order valence-corrected chi connectivity index (χ0v) is 15.7. The van der Waals surface area contributed by atoms with Gasteiger partial charge >= 0.3 is 0 Å². The average molecular weight is 349 g/mol. The third kappa shape index (κ3) is 4.55. The van der Waals surface area contributed by atoms with E-state index in [-0.39, 0.29) is 0 Å². The largest absolute Gasteiger partial charge is 0.387 e. The first-order valence-electron chi connectivity index (χ1n) is 9.33. The van der Waals surface area contributed by atoms with Crippen molar-refractivity contribution in [1.29, 1.82) is 0 Å². The molecule has 26 heavy (non-hydrogen) atoms. The normalized spacial score (nSPS) is 13.8. The fraction of sp³-hybridized carbons (Fsp3) is 0.381. The summed E-state index contributed by atoms with van der Waals surface area (Å²) >= 11 is 0. The molecule has 0 spiro atoms. The lowest BCUT2D eigenvalue weighted by molar-refractivity contribution is 0.297. The lowest BCUT2D eigenvalue weighted by Gasteiger charge is -2.22. The average Bonchev–Trinajstić information content (AvgIpc) is 2.79. The molecule has 1 aromatic carbocycles. The highest BCUT2D eigenvalue weighted by Crippen LogP contribution is 2.31. The highest BCUT2D eigenvalue weighted by atomic mass is 15.1. The number of aliphatic imine (C=N–C) groups is 1. The van der Waals surface area contributed by atoms with Gasteiger partial charge in [0, 0.05) is 36.5 Å². The van der Waals surface area contributed by atoms with Gasteiger partial charge in [0.1, 0.15) is 12.2 Å². The summed E-state index contributed by atoms with van der Waals surface area (Å²) in [5.74, 6) is 0.671. The van der Waals surface area contributed by atoms with Crippen molar-refractivity contribution in [1.82, 2.24) is 14.9 Å². The topological polar surface area (TPSA) is 67.4 Å². The molecule has 2 aromatic rings. The van der Waals surface area contributed by atoms with Gasteiger partial charge in [0.05, 0.1) is 5.69 Å². The number of hydrogen-bond donors (Lipinski definition) is 1. The Labute approximate surface area is 155 Å². The second-order valence-corrected chi connectivity index (χ2v) is 6.76. The summed E-state index contributed by atoms with van der Waals surface area (Å²) in [6.45, 7) is 7.63. The van der Waals surface area contributed by atoms with Crippen LogP contribution in [0.1, 0.15) is 38.7 Å². The summed E-state index contributed by atoms with van der Waals surface area (Å²) < 4.78 is 0. The molecule has 0 fully saturated rings. The van der Waals surface area contributed by atoms with Crippen molar-refractivity contribution < 1.29 is 0 Å². The van der Waals surface area contributed by atoms with Gasteiger partial charge < -0.3 is 5.73 Å². The monoisotopic (exact) mass is 349 g/mol. The molecule has 3 rings (SSSR count). The molecule has 0 bridgehead atoms. The van der Waals surface area contributed by atoms with Gasteiger partial charge in [0.2, 0.25) is 0 Å². The molecule has 0 amide bonds. The van der Waals surface area contributed by atoms with Crippen LogP contribution in [0.5, 0.6) is 0 Å². The molecule has 0 radical (unpaired) electrons. The van der Waals surface area contributed by atoms with E-state index in [9.17, 15) is 0 Å². The maximum atomic E-state index is 6.22. The number of benzene rings is 1. The standard InChI is InChI=1S/C21H27N5/c1-3-7-26(8-4-2)14-16-9-18-6-5-17(19-12-23-15-24-13-19)11-20(18)25-21(22)10-16/h5-6,9,11-13,15H,3-4,7-8,10,14H2,1-2H3,(H2,22,25). The fourth-order valence-corrected chi connectivity index (χ4v) is 3.38. The number of hydrogen-bond acceptors (Lipinski definition) is 5. The van der Waals surface area contributed by atoms with E-state index in [1.165, 1.54) is 11.9 Å². The molecule has 5 heteroatoms. The van der Waals surface area contributed by atoms with Gasteiger partial charge in [-0.15, -0.1) is 0 Å². The predicted octanol–water partition coefficient (Wildman–Crippen LogP) is 4.04. The molecule has 1 aromatic heterocycles. The van der Waals surface area contributed by atoms with Gasteiger partial charge in [0.25, 0.3) is 0 Å². The summed E-state index contributed by atoms with van der Waals surface area (Å²) in [7, 11) is 0. The quantitative estimate of drug-likeness (QED) is 0.819. The van der Waals surface area contributed by atoms with Gasteiger partial charge in [0.15, 0.2) is 0 Å². The van der Waals surface area contributed by atoms with Crippen LogP contribution in [0.2, 0.25) is 0 Å². The van der Waals surface area contributed by atoms with Crippen molar-refractivity contribution in [2.75, 3.05) is 19.6 Å². The number of amidine groups is 1. The first-order valence-corrected chi connectivity index (χ1v) is 9.33. The van der Waals surface area contributed by atoms with E-state index in [4.69, 9.17) is 5.73 Å². The Morgan fingerprint density at radius 1 is 1.04 bits per heavy atom. The third-order valence-corrected chi connectivity index (χ3v) is 4.46. The maximum Gasteiger partial charge on any atom is 0.115 e. The molecular formula is C21H27N5. The van der Waals surface area contributed by atoms with Crippen molar-refractivity contribution in [3.8, 4) is 11.1 Å². The van der Waals surface area contributed by atoms with E-state index in [1.807, 2.05) is 12.4 Å². The molecule has 0 saturated heterocycles. The number of nitrogens with zero attached hydrogens (tertiary/aromatic N) is 4. The van der Waals surface area contributed by atoms with Crippen LogP contribution in [0.3, 0.4) is 0 Å². The maximum absolute atomic E-state index is 6.22. The van der Waals surface area contributed by atoms with E-state index < -0.39 is 0 Å². The van der Waals surface area contributed by atoms with Crippen molar-refractivity contribution in [3.63, 3.8) is 0 Å². The molecule has 1 aliphatic rings. The molecule has 0 atom stereocenters. The van der Waals surface area contributed by atoms with Crippen molar-refractivity contribution in [2.45, 2.75) is 33.1 Å². The summed E-state index contributed by atoms with van der Waals surface area (Å²) in [6, 6.07) is 6.28. The molecule has 1 aliphatic heterocycles. The molecule has 2 N–H and O–H groups in total. The van der Waals surface area contributed by atoms with Gasteiger partial charge in [-0.1, -0.05) is 32.1 Å². The van der Waals surface area contributed by atoms with Crippen LogP contribution < -0.4 is 5.73 Å². The second-order valence-electron chi connectivity index (χ2n) is 6.76. The molecule has 5 nitrogen and oxygen atoms in total. The van der Waals surface area contributed by atoms with Crippen LogP contribution in [0.4, 0.5) is 5.69 Å². The van der Waals surface area contributed by atoms with Crippen molar-refractivity contribution in [2.24, 2.45) is 10.7 Å². The Bertz CT molecular complexity index is 789. The van der Waals surface area contributed by atoms with E-state index in [2.05, 4.69) is 58.0 Å². The highest BCUT2D eigenvalue weighted by Gasteiger charge is 2.14. The van der Waals surface area contributed by atoms with E-state index in [1.54, 1.807) is 0 Å². The minimum atomic E-state index is 0.671. The second kappa shape index (κ2) is 8.72. The summed E-state index contributed by atoms with van der Waals surface area (Å²) in [5, 5.41) is 0. The summed E-state index contributed by atoms with van der Waals surface area (Å²) in [4.78, 5) is 15.4. The molecule has 0 aliphatic carbocycles. The lowest BCUT2D eigenvalue weighted by atomic mass is 10.0. The van der Waals surface area contributed by atoms with Gasteiger partial charge in [-0.25, -0.2) is 15.0 Å². The molecule has 2 heterocycles. The van der Waals surface area contributed by atoms with Crippen molar-refractivity contribution >= 4 is 17.6 Å². The summed E-state index contributed by atoms with van der Waals surface area (Å²) in [6.07, 6.45) is 10.5. The Kier molecular flexibility index (Phi) is 6.12. The van der Waals surface area contributed by atoms with E-state index in [0.29, 0.717) is 5.84 Å². The van der Waals surface area contributed by atoms with Crippen LogP contribution in [0.15, 0.2) is 47.5 Å². The minimum absolute atomic E-state index is 0.671. The van der Waals surface area contributed by atoms with Crippen LogP contribution in [0.25, 0.3) is 17.2 Å². The first-order chi connectivity index (χ1) is 12.7. The van der Waals surface area contributed by atoms with Crippen LogP contribution in [-0.4, -0.2) is 40.3 Å². The Balaban J connectivity index is 1.89. The third-order valence-electron chi connectivity index (χ3n) is 4.46. The van der Waals surface area contributed by atoms with Crippen LogP contribution in [-0.2, 0) is 0 Å². The molecule has 0 unspecified atom stereocenters. The Hall–Kier alpha value is -2.53. The van der Waals surface area contributed by atoms with E-state index >= 15 is 0 Å². The molecular weight excluding hydrogens is 322 g/mol. The predicted molar refractivity (Wildman–Crippen MR) is 108 cm³/mol. The zero-order chi connectivity index (χ0) is 18.4. The zero-order valence-electron chi connectivity index (χ0n) is 15.7. The highest BCUT2D eigenvalue weighted by molar-refractivity contribution is 5.90. The Morgan fingerprint density at radius 2 is 1.77 bits per heavy atom. The van der Waals surface area contributed by atoms with Crippen LogP contribution in [0, 0.1) is 0 Å². The molecule has 136 valence electrons. The fourth-order valence-electron chi connectivity index (χ4n) is 3.38. The smallest absolute Gasteiger partial charge is 0.115 e. The lowest BCUT2D eigenvalue weighted by Crippen LogP contribution is -2.28. The van der Waals surface area contributed by atoms with Crippen LogP contribution >= 0.6 is 0 Å². The minimum Gasteiger partial charge on any atom is -0.387 e. The number of aromatic nitrogens is 2. The Morgan fingerprint density at radius 3 is 2.46 bits per heavy atom. The van der Waals surface area contributed by atoms with Gasteiger partial charge in [-0.3, -0.25) is 4.90 Å². The first kappa shape index (κ1) is 18.3. The number of rotatable bonds is 7. The van der Waals surface area contributed by atoms with E-state index in [0.717, 1.165) is 61.3 Å². The summed E-state index contributed by atoms with van der Waals surface area (Å²) in [5.41, 5.74) is 11.6. The number of nitrogens with two attached hydrogens (primary N) is 1. The van der Waals surface area contributed by atoms with Gasteiger partial charge in [-0.05, 0) is 43.1 Å². The number of fused-ring (bicyclic) bond motifs is 1. The van der Waals surface area contributed by atoms with Gasteiger partial charge in [-0.2, -0.15) is 0 Å². The molecule has 0 saturated carbocycles. The SMILES string of the molecule is CCCN(CCC)CC1=Cc2ccc(-c3cncnc3)cc2N=C(N)C1.